The predicted molar refractivity (Wildman–Crippen MR) is 125 cm³/mol. The van der Waals surface area contributed by atoms with Gasteiger partial charge in [0, 0.05) is 37.9 Å². The van der Waals surface area contributed by atoms with Crippen LogP contribution in [0.3, 0.4) is 0 Å². The molecule has 10 heteroatoms. The molecule has 0 aromatic carbocycles. The highest BCUT2D eigenvalue weighted by Gasteiger charge is 2.26. The van der Waals surface area contributed by atoms with Gasteiger partial charge in [-0.2, -0.15) is 5.10 Å². The Morgan fingerprint density at radius 3 is 2.82 bits per heavy atom. The first kappa shape index (κ1) is 21.2. The lowest BCUT2D eigenvalue weighted by Crippen LogP contribution is -2.44. The third-order valence-electron chi connectivity index (χ3n) is 6.47. The van der Waals surface area contributed by atoms with Gasteiger partial charge in [0.05, 0.1) is 30.5 Å². The molecular formula is C24H27N7O3. The zero-order chi connectivity index (χ0) is 23.1. The Bertz CT molecular complexity index is 1310. The van der Waals surface area contributed by atoms with E-state index in [0.29, 0.717) is 25.0 Å². The summed E-state index contributed by atoms with van der Waals surface area (Å²) in [5.74, 6) is 1.82. The molecule has 2 fully saturated rings. The van der Waals surface area contributed by atoms with E-state index in [1.54, 1.807) is 19.3 Å². The van der Waals surface area contributed by atoms with E-state index in [1.807, 2.05) is 22.9 Å². The third-order valence-corrected chi connectivity index (χ3v) is 6.47. The van der Waals surface area contributed by atoms with Gasteiger partial charge < -0.3 is 18.8 Å². The quantitative estimate of drug-likeness (QED) is 0.449. The molecule has 2 atom stereocenters. The standard InChI is InChI=1S/C24H27N7O3/c1-15-14-32-12-10-30(15)20-13-18(24-29-28-16(2)34-24)17-6-8-25-23(22(17)27-20)19-7-9-26-31(19)21-5-3-4-11-33-21/h6-9,13,15,21H,3-5,10-12,14H2,1-2H3/t15-,21-/m1/s1. The molecule has 2 aliphatic heterocycles. The summed E-state index contributed by atoms with van der Waals surface area (Å²) in [5.41, 5.74) is 3.24. The third kappa shape index (κ3) is 3.72. The van der Waals surface area contributed by atoms with E-state index in [2.05, 4.69) is 27.1 Å². The van der Waals surface area contributed by atoms with E-state index in [1.165, 1.54) is 0 Å². The number of anilines is 1. The van der Waals surface area contributed by atoms with Crippen LogP contribution < -0.4 is 4.90 Å². The summed E-state index contributed by atoms with van der Waals surface area (Å²) in [6.07, 6.45) is 6.61. The fraction of sp³-hybridized carbons (Fsp3) is 0.458. The monoisotopic (exact) mass is 461 g/mol. The molecule has 0 N–H and O–H groups in total. The van der Waals surface area contributed by atoms with Gasteiger partial charge in [-0.15, -0.1) is 10.2 Å². The van der Waals surface area contributed by atoms with Gasteiger partial charge in [0.2, 0.25) is 11.8 Å². The smallest absolute Gasteiger partial charge is 0.248 e. The zero-order valence-electron chi connectivity index (χ0n) is 19.3. The minimum absolute atomic E-state index is 0.101. The second-order valence-electron chi connectivity index (χ2n) is 8.81. The van der Waals surface area contributed by atoms with Crippen molar-refractivity contribution in [1.29, 1.82) is 0 Å². The summed E-state index contributed by atoms with van der Waals surface area (Å²) in [5, 5.41) is 13.9. The highest BCUT2D eigenvalue weighted by molar-refractivity contribution is 6.00. The molecule has 0 unspecified atom stereocenters. The van der Waals surface area contributed by atoms with Gasteiger partial charge in [-0.05, 0) is 44.4 Å². The molecule has 0 aliphatic carbocycles. The van der Waals surface area contributed by atoms with Crippen molar-refractivity contribution in [2.75, 3.05) is 31.3 Å². The molecule has 0 bridgehead atoms. The number of ether oxygens (including phenoxy) is 2. The highest BCUT2D eigenvalue weighted by atomic mass is 16.5. The summed E-state index contributed by atoms with van der Waals surface area (Å²) in [7, 11) is 0. The van der Waals surface area contributed by atoms with E-state index in [-0.39, 0.29) is 12.3 Å². The van der Waals surface area contributed by atoms with Crippen LogP contribution in [0, 0.1) is 6.92 Å². The number of rotatable bonds is 4. The normalized spacial score (nSPS) is 21.3. The van der Waals surface area contributed by atoms with Crippen LogP contribution in [0.5, 0.6) is 0 Å². The lowest BCUT2D eigenvalue weighted by Gasteiger charge is -2.34. The van der Waals surface area contributed by atoms with Crippen molar-refractivity contribution in [3.63, 3.8) is 0 Å². The lowest BCUT2D eigenvalue weighted by atomic mass is 10.1. The number of aryl methyl sites for hydroxylation is 1. The largest absolute Gasteiger partial charge is 0.421 e. The van der Waals surface area contributed by atoms with Crippen LogP contribution in [0.4, 0.5) is 5.82 Å². The van der Waals surface area contributed by atoms with Gasteiger partial charge in [0.1, 0.15) is 17.0 Å². The van der Waals surface area contributed by atoms with Crippen molar-refractivity contribution in [2.45, 2.75) is 45.4 Å². The summed E-state index contributed by atoms with van der Waals surface area (Å²) in [6.45, 7) is 6.74. The van der Waals surface area contributed by atoms with E-state index in [0.717, 1.165) is 66.1 Å². The maximum atomic E-state index is 6.02. The van der Waals surface area contributed by atoms with E-state index >= 15 is 0 Å². The van der Waals surface area contributed by atoms with Gasteiger partial charge in [-0.3, -0.25) is 4.98 Å². The molecule has 0 radical (unpaired) electrons. The summed E-state index contributed by atoms with van der Waals surface area (Å²) in [6, 6.07) is 6.15. The number of hydrogen-bond donors (Lipinski definition) is 0. The first-order valence-corrected chi connectivity index (χ1v) is 11.8. The molecule has 4 aromatic rings. The molecule has 4 aromatic heterocycles. The summed E-state index contributed by atoms with van der Waals surface area (Å²) < 4.78 is 19.5. The van der Waals surface area contributed by atoms with E-state index in [9.17, 15) is 0 Å². The first-order chi connectivity index (χ1) is 16.7. The highest BCUT2D eigenvalue weighted by Crippen LogP contribution is 2.36. The Hall–Kier alpha value is -3.37. The average molecular weight is 462 g/mol. The van der Waals surface area contributed by atoms with Crippen molar-refractivity contribution in [3.8, 4) is 22.8 Å². The van der Waals surface area contributed by atoms with Crippen molar-refractivity contribution >= 4 is 16.7 Å². The maximum Gasteiger partial charge on any atom is 0.248 e. The molecule has 34 heavy (non-hydrogen) atoms. The molecule has 2 saturated heterocycles. The fourth-order valence-electron chi connectivity index (χ4n) is 4.77. The van der Waals surface area contributed by atoms with Crippen molar-refractivity contribution < 1.29 is 13.9 Å². The second-order valence-corrected chi connectivity index (χ2v) is 8.81. The Balaban J connectivity index is 1.56. The van der Waals surface area contributed by atoms with Gasteiger partial charge >= 0.3 is 0 Å². The second kappa shape index (κ2) is 8.77. The Morgan fingerprint density at radius 1 is 1.09 bits per heavy atom. The number of morpholine rings is 1. The summed E-state index contributed by atoms with van der Waals surface area (Å²) >= 11 is 0. The van der Waals surface area contributed by atoms with Crippen LogP contribution in [0.2, 0.25) is 0 Å². The molecule has 6 heterocycles. The minimum atomic E-state index is -0.101. The molecule has 0 spiro atoms. The lowest BCUT2D eigenvalue weighted by molar-refractivity contribution is -0.0383. The Labute approximate surface area is 196 Å². The van der Waals surface area contributed by atoms with Gasteiger partial charge in [0.15, 0.2) is 6.23 Å². The van der Waals surface area contributed by atoms with E-state index < -0.39 is 0 Å². The Kier molecular flexibility index (Phi) is 5.46. The van der Waals surface area contributed by atoms with Crippen LogP contribution in [0.1, 0.15) is 38.3 Å². The van der Waals surface area contributed by atoms with Crippen molar-refractivity contribution in [1.82, 2.24) is 29.9 Å². The molecule has 0 amide bonds. The Morgan fingerprint density at radius 2 is 2.03 bits per heavy atom. The SMILES string of the molecule is Cc1nnc(-c2cc(N3CCOC[C@H]3C)nc3c(-c4ccnn4[C@H]4CCCCO4)nccc23)o1. The van der Waals surface area contributed by atoms with Crippen LogP contribution in [-0.2, 0) is 9.47 Å². The molecule has 6 rings (SSSR count). The topological polar surface area (TPSA) is 104 Å². The molecule has 10 nitrogen and oxygen atoms in total. The van der Waals surface area contributed by atoms with Crippen molar-refractivity contribution in [2.24, 2.45) is 0 Å². The van der Waals surface area contributed by atoms with Gasteiger partial charge in [-0.25, -0.2) is 9.67 Å². The summed E-state index contributed by atoms with van der Waals surface area (Å²) in [4.78, 5) is 12.1. The zero-order valence-corrected chi connectivity index (χ0v) is 19.3. The number of nitrogens with zero attached hydrogens (tertiary/aromatic N) is 7. The van der Waals surface area contributed by atoms with Crippen molar-refractivity contribution in [3.05, 3.63) is 36.5 Å². The fourth-order valence-corrected chi connectivity index (χ4v) is 4.77. The van der Waals surface area contributed by atoms with Crippen LogP contribution in [-0.4, -0.2) is 62.4 Å². The van der Waals surface area contributed by atoms with Crippen LogP contribution in [0.25, 0.3) is 33.7 Å². The minimum Gasteiger partial charge on any atom is -0.421 e. The van der Waals surface area contributed by atoms with Gasteiger partial charge in [-0.1, -0.05) is 0 Å². The van der Waals surface area contributed by atoms with Gasteiger partial charge in [0.25, 0.3) is 0 Å². The van der Waals surface area contributed by atoms with Crippen LogP contribution in [0.15, 0.2) is 35.0 Å². The maximum absolute atomic E-state index is 6.02. The number of hydrogen-bond acceptors (Lipinski definition) is 9. The molecule has 176 valence electrons. The number of fused-ring (bicyclic) bond motifs is 1. The molecule has 0 saturated carbocycles. The average Bonchev–Trinajstić information content (AvgIpc) is 3.53. The number of aromatic nitrogens is 6. The number of pyridine rings is 2. The van der Waals surface area contributed by atoms with Crippen LogP contribution >= 0.6 is 0 Å². The molecular weight excluding hydrogens is 434 g/mol. The first-order valence-electron chi connectivity index (χ1n) is 11.8. The van der Waals surface area contributed by atoms with E-state index in [4.69, 9.17) is 23.9 Å². The molecule has 2 aliphatic rings. The predicted octanol–water partition coefficient (Wildman–Crippen LogP) is 3.78.